The van der Waals surface area contributed by atoms with E-state index in [4.69, 9.17) is 9.47 Å². The summed E-state index contributed by atoms with van der Waals surface area (Å²) >= 11 is 0. The number of benzene rings is 3. The van der Waals surface area contributed by atoms with E-state index in [-0.39, 0.29) is 17.4 Å². The van der Waals surface area contributed by atoms with E-state index < -0.39 is 23.5 Å². The molecule has 174 valence electrons. The van der Waals surface area contributed by atoms with Crippen molar-refractivity contribution in [3.8, 4) is 11.5 Å². The maximum atomic E-state index is 13.6. The van der Waals surface area contributed by atoms with Crippen molar-refractivity contribution in [1.29, 1.82) is 0 Å². The fraction of sp³-hybridized carbons (Fsp3) is 0.185. The highest BCUT2D eigenvalue weighted by Crippen LogP contribution is 2.43. The number of carbonyl (C=O) groups excluding carboxylic acids is 2. The molecule has 1 unspecified atom stereocenters. The second kappa shape index (κ2) is 9.39. The van der Waals surface area contributed by atoms with Gasteiger partial charge in [0.05, 0.1) is 24.8 Å². The third-order valence-electron chi connectivity index (χ3n) is 5.46. The van der Waals surface area contributed by atoms with Crippen LogP contribution in [0.2, 0.25) is 0 Å². The van der Waals surface area contributed by atoms with Crippen LogP contribution >= 0.6 is 0 Å². The fourth-order valence-electron chi connectivity index (χ4n) is 3.95. The lowest BCUT2D eigenvalue weighted by Gasteiger charge is -2.25. The minimum absolute atomic E-state index is 0.0199. The molecule has 1 fully saturated rings. The van der Waals surface area contributed by atoms with Crippen molar-refractivity contribution in [2.75, 3.05) is 12.0 Å². The van der Waals surface area contributed by atoms with Crippen molar-refractivity contribution in [1.82, 2.24) is 0 Å². The van der Waals surface area contributed by atoms with Crippen molar-refractivity contribution in [2.45, 2.75) is 26.0 Å². The predicted octanol–water partition coefficient (Wildman–Crippen LogP) is 5.25. The van der Waals surface area contributed by atoms with E-state index in [1.54, 1.807) is 48.5 Å². The lowest BCUT2D eigenvalue weighted by atomic mass is 9.95. The molecular formula is C27H24FNO5. The number of hydrogen-bond donors (Lipinski definition) is 1. The molecule has 1 N–H and O–H groups in total. The average molecular weight is 461 g/mol. The number of ether oxygens (including phenoxy) is 2. The van der Waals surface area contributed by atoms with Crippen LogP contribution in [0.25, 0.3) is 5.76 Å². The summed E-state index contributed by atoms with van der Waals surface area (Å²) in [6, 6.07) is 17.9. The van der Waals surface area contributed by atoms with Crippen molar-refractivity contribution < 1.29 is 28.6 Å². The molecule has 34 heavy (non-hydrogen) atoms. The van der Waals surface area contributed by atoms with Gasteiger partial charge in [0.15, 0.2) is 0 Å². The van der Waals surface area contributed by atoms with Crippen LogP contribution in [0, 0.1) is 5.82 Å². The fourth-order valence-corrected chi connectivity index (χ4v) is 3.95. The number of methoxy groups -OCH3 is 1. The monoisotopic (exact) mass is 461 g/mol. The first kappa shape index (κ1) is 23.0. The van der Waals surface area contributed by atoms with Gasteiger partial charge in [-0.15, -0.1) is 0 Å². The molecule has 1 saturated heterocycles. The number of ketones is 1. The SMILES string of the molecule is COc1cccc(C2/C(=C(/O)c3ccc(OC(C)C)cc3)C(=O)C(=O)N2c2ccc(F)cc2)c1. The second-order valence-electron chi connectivity index (χ2n) is 8.11. The summed E-state index contributed by atoms with van der Waals surface area (Å²) in [4.78, 5) is 27.6. The van der Waals surface area contributed by atoms with Crippen molar-refractivity contribution >= 4 is 23.1 Å². The highest BCUT2D eigenvalue weighted by atomic mass is 19.1. The Morgan fingerprint density at radius 1 is 0.971 bits per heavy atom. The van der Waals surface area contributed by atoms with E-state index in [2.05, 4.69) is 0 Å². The van der Waals surface area contributed by atoms with Gasteiger partial charge in [0.25, 0.3) is 11.7 Å². The van der Waals surface area contributed by atoms with Gasteiger partial charge in [-0.1, -0.05) is 12.1 Å². The number of amides is 1. The topological polar surface area (TPSA) is 76.1 Å². The molecule has 1 aliphatic heterocycles. The van der Waals surface area contributed by atoms with Crippen LogP contribution in [0.5, 0.6) is 11.5 Å². The minimum Gasteiger partial charge on any atom is -0.507 e. The van der Waals surface area contributed by atoms with Crippen LogP contribution in [-0.2, 0) is 9.59 Å². The molecule has 1 amide bonds. The van der Waals surface area contributed by atoms with Crippen molar-refractivity contribution in [2.24, 2.45) is 0 Å². The Labute approximate surface area is 196 Å². The zero-order valence-corrected chi connectivity index (χ0v) is 19.0. The van der Waals surface area contributed by atoms with Crippen LogP contribution in [0.4, 0.5) is 10.1 Å². The minimum atomic E-state index is -0.938. The Morgan fingerprint density at radius 2 is 1.65 bits per heavy atom. The number of anilines is 1. The van der Waals surface area contributed by atoms with Gasteiger partial charge in [-0.2, -0.15) is 0 Å². The molecule has 0 aromatic heterocycles. The Morgan fingerprint density at radius 3 is 2.26 bits per heavy atom. The summed E-state index contributed by atoms with van der Waals surface area (Å²) in [5.41, 5.74) is 1.18. The number of halogens is 1. The van der Waals surface area contributed by atoms with Crippen LogP contribution in [0.15, 0.2) is 78.4 Å². The van der Waals surface area contributed by atoms with Gasteiger partial charge in [0, 0.05) is 11.3 Å². The Hall–Kier alpha value is -4.13. The first-order valence-electron chi connectivity index (χ1n) is 10.8. The first-order chi connectivity index (χ1) is 16.3. The van der Waals surface area contributed by atoms with Gasteiger partial charge >= 0.3 is 0 Å². The van der Waals surface area contributed by atoms with Gasteiger partial charge in [-0.05, 0) is 80.1 Å². The van der Waals surface area contributed by atoms with E-state index in [1.165, 1.54) is 36.3 Å². The van der Waals surface area contributed by atoms with Crippen LogP contribution in [0.3, 0.4) is 0 Å². The van der Waals surface area contributed by atoms with Gasteiger partial charge in [0.1, 0.15) is 23.1 Å². The molecular weight excluding hydrogens is 437 g/mol. The molecule has 6 nitrogen and oxygen atoms in total. The molecule has 3 aromatic carbocycles. The van der Waals surface area contributed by atoms with Crippen molar-refractivity contribution in [3.63, 3.8) is 0 Å². The molecule has 1 atom stereocenters. The number of hydrogen-bond acceptors (Lipinski definition) is 5. The zero-order chi connectivity index (χ0) is 24.4. The van der Waals surface area contributed by atoms with E-state index in [0.717, 1.165) is 0 Å². The summed E-state index contributed by atoms with van der Waals surface area (Å²) in [6.45, 7) is 3.80. The maximum Gasteiger partial charge on any atom is 0.300 e. The van der Waals surface area contributed by atoms with E-state index in [0.29, 0.717) is 28.3 Å². The van der Waals surface area contributed by atoms with Gasteiger partial charge in [0.2, 0.25) is 0 Å². The lowest BCUT2D eigenvalue weighted by molar-refractivity contribution is -0.132. The van der Waals surface area contributed by atoms with E-state index in [1.807, 2.05) is 13.8 Å². The van der Waals surface area contributed by atoms with E-state index >= 15 is 0 Å². The number of carbonyl (C=O) groups is 2. The van der Waals surface area contributed by atoms with Crippen molar-refractivity contribution in [3.05, 3.63) is 95.3 Å². The molecule has 1 aliphatic rings. The summed E-state index contributed by atoms with van der Waals surface area (Å²) in [6.07, 6.45) is -0.0199. The maximum absolute atomic E-state index is 13.6. The second-order valence-corrected chi connectivity index (χ2v) is 8.11. The quantitative estimate of drug-likeness (QED) is 0.308. The summed E-state index contributed by atoms with van der Waals surface area (Å²) in [5, 5.41) is 11.2. The van der Waals surface area contributed by atoms with Gasteiger partial charge in [-0.3, -0.25) is 14.5 Å². The molecule has 0 spiro atoms. The largest absolute Gasteiger partial charge is 0.507 e. The smallest absolute Gasteiger partial charge is 0.300 e. The molecule has 0 radical (unpaired) electrons. The Bertz CT molecular complexity index is 1250. The van der Waals surface area contributed by atoms with Crippen LogP contribution < -0.4 is 14.4 Å². The third-order valence-corrected chi connectivity index (χ3v) is 5.46. The molecule has 0 bridgehead atoms. The van der Waals surface area contributed by atoms with Gasteiger partial charge in [-0.25, -0.2) is 4.39 Å². The highest BCUT2D eigenvalue weighted by Gasteiger charge is 2.47. The number of aliphatic hydroxyl groups excluding tert-OH is 1. The molecule has 4 rings (SSSR count). The summed E-state index contributed by atoms with van der Waals surface area (Å²) in [5.74, 6) is -1.30. The number of nitrogens with zero attached hydrogens (tertiary/aromatic N) is 1. The molecule has 3 aromatic rings. The highest BCUT2D eigenvalue weighted by molar-refractivity contribution is 6.51. The van der Waals surface area contributed by atoms with Crippen LogP contribution in [-0.4, -0.2) is 30.0 Å². The third kappa shape index (κ3) is 4.37. The standard InChI is InChI=1S/C27H24FNO5/c1-16(2)34-21-13-7-17(8-14-21)25(30)23-24(18-5-4-6-22(15-18)33-3)29(27(32)26(23)31)20-11-9-19(28)10-12-20/h4-16,24,30H,1-3H3/b25-23-. The first-order valence-corrected chi connectivity index (χ1v) is 10.8. The van der Waals surface area contributed by atoms with Crippen LogP contribution in [0.1, 0.15) is 31.0 Å². The molecule has 1 heterocycles. The average Bonchev–Trinajstić information content (AvgIpc) is 3.10. The Balaban J connectivity index is 1.87. The summed E-state index contributed by atoms with van der Waals surface area (Å²) in [7, 11) is 1.51. The van der Waals surface area contributed by atoms with Gasteiger partial charge < -0.3 is 14.6 Å². The molecule has 0 saturated carbocycles. The molecule has 7 heteroatoms. The van der Waals surface area contributed by atoms with E-state index in [9.17, 15) is 19.1 Å². The molecule has 0 aliphatic carbocycles. The number of aliphatic hydroxyl groups is 1. The number of Topliss-reactive ketones (excluding diaryl/α,β-unsaturated/α-hetero) is 1. The summed E-state index contributed by atoms with van der Waals surface area (Å²) < 4.78 is 24.5. The zero-order valence-electron chi connectivity index (χ0n) is 19.0. The predicted molar refractivity (Wildman–Crippen MR) is 126 cm³/mol. The Kier molecular flexibility index (Phi) is 6.36. The number of rotatable bonds is 6. The lowest BCUT2D eigenvalue weighted by Crippen LogP contribution is -2.29. The normalized spacial score (nSPS) is 17.3.